The van der Waals surface area contributed by atoms with Crippen molar-refractivity contribution in [2.45, 2.75) is 95.8 Å². The maximum absolute atomic E-state index is 12.4. The van der Waals surface area contributed by atoms with Gasteiger partial charge in [-0.25, -0.2) is 0 Å². The molecule has 0 radical (unpaired) electrons. The summed E-state index contributed by atoms with van der Waals surface area (Å²) in [6.07, 6.45) is 14.1. The summed E-state index contributed by atoms with van der Waals surface area (Å²) in [4.78, 5) is 0. The van der Waals surface area contributed by atoms with Gasteiger partial charge in [0.15, 0.2) is 0 Å². The highest BCUT2D eigenvalue weighted by Gasteiger charge is 2.28. The van der Waals surface area contributed by atoms with Gasteiger partial charge in [-0.2, -0.15) is 0 Å². The molecule has 0 heterocycles. The summed E-state index contributed by atoms with van der Waals surface area (Å²) in [6.45, 7) is 6.27. The molecule has 34 heavy (non-hydrogen) atoms. The first kappa shape index (κ1) is 25.4. The molecule has 0 spiro atoms. The molecule has 2 aromatic carbocycles. The Bertz CT molecular complexity index is 918. The Morgan fingerprint density at radius 2 is 1.44 bits per heavy atom. The van der Waals surface area contributed by atoms with Crippen molar-refractivity contribution in [2.75, 3.05) is 13.3 Å². The van der Waals surface area contributed by atoms with Crippen molar-refractivity contribution in [1.29, 1.82) is 0 Å². The van der Waals surface area contributed by atoms with Gasteiger partial charge in [0.25, 0.3) is 0 Å². The van der Waals surface area contributed by atoms with Crippen LogP contribution in [0.25, 0.3) is 10.8 Å². The lowest BCUT2D eigenvalue weighted by Crippen LogP contribution is -2.24. The second kappa shape index (κ2) is 12.3. The first-order valence-corrected chi connectivity index (χ1v) is 13.9. The molecule has 0 saturated heterocycles. The molecule has 2 heteroatoms. The quantitative estimate of drug-likeness (QED) is 0.274. The smallest absolute Gasteiger partial charge is 0.0894 e. The molecule has 2 saturated carbocycles. The number of fused-ring (bicyclic) bond motifs is 1. The van der Waals surface area contributed by atoms with E-state index in [2.05, 4.69) is 49.9 Å². The van der Waals surface area contributed by atoms with Gasteiger partial charge in [-0.15, -0.1) is 6.58 Å². The van der Waals surface area contributed by atoms with E-state index in [0.29, 0.717) is 30.3 Å². The Kier molecular flexibility index (Phi) is 9.23. The standard InChI is InChI=1S/C32H45FO/c1-23(2)19-32(22-34)27-12-10-26(11-13-27)29-15-17-30-20-28(14-16-31(30)21-29)25-8-6-24(7-9-25)5-3-4-18-33/h14-17,20-21,24-27,32,34H,1,3-13,18-19,22H2,2H3. The number of hydrogen-bond acceptors (Lipinski definition) is 1. The fourth-order valence-electron chi connectivity index (χ4n) is 6.85. The van der Waals surface area contributed by atoms with Crippen molar-refractivity contribution < 1.29 is 9.50 Å². The lowest BCUT2D eigenvalue weighted by molar-refractivity contribution is 0.141. The summed E-state index contributed by atoms with van der Waals surface area (Å²) in [5, 5.41) is 12.6. The second-order valence-electron chi connectivity index (χ2n) is 11.5. The molecule has 1 unspecified atom stereocenters. The minimum absolute atomic E-state index is 0.158. The number of halogens is 1. The average Bonchev–Trinajstić information content (AvgIpc) is 2.87. The SMILES string of the molecule is C=C(C)CC(CO)C1CCC(c2ccc3cc(C4CCC(CCCCF)CC4)ccc3c2)CC1. The normalized spacial score (nSPS) is 26.4. The predicted octanol–water partition coefficient (Wildman–Crippen LogP) is 9.10. The number of aliphatic hydroxyl groups is 1. The van der Waals surface area contributed by atoms with E-state index >= 15 is 0 Å². The monoisotopic (exact) mass is 464 g/mol. The molecule has 2 aliphatic carbocycles. The summed E-state index contributed by atoms with van der Waals surface area (Å²) < 4.78 is 12.4. The third-order valence-corrected chi connectivity index (χ3v) is 8.96. The third-order valence-electron chi connectivity index (χ3n) is 8.96. The number of aliphatic hydroxyl groups excluding tert-OH is 1. The lowest BCUT2D eigenvalue weighted by atomic mass is 9.72. The van der Waals surface area contributed by atoms with Gasteiger partial charge in [0.1, 0.15) is 0 Å². The fourth-order valence-corrected chi connectivity index (χ4v) is 6.85. The maximum atomic E-state index is 12.4. The zero-order chi connectivity index (χ0) is 23.9. The van der Waals surface area contributed by atoms with Crippen LogP contribution in [-0.4, -0.2) is 18.4 Å². The maximum Gasteiger partial charge on any atom is 0.0894 e. The van der Waals surface area contributed by atoms with Gasteiger partial charge < -0.3 is 5.11 Å². The van der Waals surface area contributed by atoms with E-state index in [1.54, 1.807) is 0 Å². The summed E-state index contributed by atoms with van der Waals surface area (Å²) in [5.74, 6) is 3.18. The highest BCUT2D eigenvalue weighted by atomic mass is 19.1. The summed E-state index contributed by atoms with van der Waals surface area (Å²) in [5.41, 5.74) is 4.19. The largest absolute Gasteiger partial charge is 0.396 e. The van der Waals surface area contributed by atoms with E-state index < -0.39 is 0 Å². The molecular formula is C32H45FO. The molecule has 1 nitrogen and oxygen atoms in total. The van der Waals surface area contributed by atoms with Gasteiger partial charge in [-0.05, 0) is 123 Å². The van der Waals surface area contributed by atoms with Crippen LogP contribution >= 0.6 is 0 Å². The van der Waals surface area contributed by atoms with E-state index in [1.165, 1.54) is 85.3 Å². The van der Waals surface area contributed by atoms with Crippen LogP contribution in [0.15, 0.2) is 48.6 Å². The van der Waals surface area contributed by atoms with Crippen molar-refractivity contribution in [2.24, 2.45) is 17.8 Å². The molecule has 0 amide bonds. The van der Waals surface area contributed by atoms with Gasteiger partial charge >= 0.3 is 0 Å². The van der Waals surface area contributed by atoms with Crippen LogP contribution in [-0.2, 0) is 0 Å². The zero-order valence-corrected chi connectivity index (χ0v) is 21.3. The Morgan fingerprint density at radius 1 is 0.882 bits per heavy atom. The van der Waals surface area contributed by atoms with E-state index in [9.17, 15) is 9.50 Å². The van der Waals surface area contributed by atoms with Crippen LogP contribution < -0.4 is 0 Å². The topological polar surface area (TPSA) is 20.2 Å². The molecule has 2 aromatic rings. The van der Waals surface area contributed by atoms with E-state index in [1.807, 2.05) is 0 Å². The van der Waals surface area contributed by atoms with Crippen LogP contribution in [0.3, 0.4) is 0 Å². The third kappa shape index (κ3) is 6.51. The minimum atomic E-state index is -0.158. The Labute approximate surface area is 206 Å². The van der Waals surface area contributed by atoms with Crippen LogP contribution in [0.4, 0.5) is 4.39 Å². The van der Waals surface area contributed by atoms with Crippen LogP contribution in [0.1, 0.15) is 107 Å². The zero-order valence-electron chi connectivity index (χ0n) is 21.3. The molecule has 2 aliphatic rings. The number of benzene rings is 2. The molecule has 186 valence electrons. The van der Waals surface area contributed by atoms with Gasteiger partial charge in [0.05, 0.1) is 6.67 Å². The summed E-state index contributed by atoms with van der Waals surface area (Å²) >= 11 is 0. The minimum Gasteiger partial charge on any atom is -0.396 e. The number of alkyl halides is 1. The predicted molar refractivity (Wildman–Crippen MR) is 143 cm³/mol. The highest BCUT2D eigenvalue weighted by Crippen LogP contribution is 2.42. The molecule has 1 N–H and O–H groups in total. The van der Waals surface area contributed by atoms with E-state index in [0.717, 1.165) is 25.2 Å². The molecule has 0 bridgehead atoms. The second-order valence-corrected chi connectivity index (χ2v) is 11.5. The van der Waals surface area contributed by atoms with Gasteiger partial charge in [0, 0.05) is 6.61 Å². The van der Waals surface area contributed by atoms with E-state index in [-0.39, 0.29) is 6.67 Å². The van der Waals surface area contributed by atoms with Gasteiger partial charge in [-0.1, -0.05) is 54.8 Å². The molecule has 0 aromatic heterocycles. The van der Waals surface area contributed by atoms with Crippen LogP contribution in [0, 0.1) is 17.8 Å². The molecule has 0 aliphatic heterocycles. The van der Waals surface area contributed by atoms with Crippen molar-refractivity contribution in [3.63, 3.8) is 0 Å². The van der Waals surface area contributed by atoms with Crippen molar-refractivity contribution in [3.05, 3.63) is 59.7 Å². The first-order valence-electron chi connectivity index (χ1n) is 13.9. The Hall–Kier alpha value is -1.67. The molecular weight excluding hydrogens is 419 g/mol. The fraction of sp³-hybridized carbons (Fsp3) is 0.625. The number of allylic oxidation sites excluding steroid dienone is 1. The molecule has 1 atom stereocenters. The van der Waals surface area contributed by atoms with Crippen molar-refractivity contribution >= 4 is 10.8 Å². The number of rotatable bonds is 10. The van der Waals surface area contributed by atoms with Crippen molar-refractivity contribution in [3.8, 4) is 0 Å². The average molecular weight is 465 g/mol. The summed E-state index contributed by atoms with van der Waals surface area (Å²) in [6, 6.07) is 14.3. The van der Waals surface area contributed by atoms with Crippen molar-refractivity contribution in [1.82, 2.24) is 0 Å². The van der Waals surface area contributed by atoms with Crippen LogP contribution in [0.5, 0.6) is 0 Å². The molecule has 4 rings (SSSR count). The van der Waals surface area contributed by atoms with Gasteiger partial charge in [-0.3, -0.25) is 4.39 Å². The Balaban J connectivity index is 1.34. The first-order chi connectivity index (χ1) is 16.6. The van der Waals surface area contributed by atoms with Gasteiger partial charge in [0.2, 0.25) is 0 Å². The summed E-state index contributed by atoms with van der Waals surface area (Å²) in [7, 11) is 0. The van der Waals surface area contributed by atoms with Crippen LogP contribution in [0.2, 0.25) is 0 Å². The number of hydrogen-bond donors (Lipinski definition) is 1. The van der Waals surface area contributed by atoms with E-state index in [4.69, 9.17) is 0 Å². The lowest BCUT2D eigenvalue weighted by Gasteiger charge is -2.33. The Morgan fingerprint density at radius 3 is 1.94 bits per heavy atom. The number of unbranched alkanes of at least 4 members (excludes halogenated alkanes) is 1. The molecule has 2 fully saturated rings. The highest BCUT2D eigenvalue weighted by molar-refractivity contribution is 5.84.